The molecule has 0 radical (unpaired) electrons. The van der Waals surface area contributed by atoms with Gasteiger partial charge in [-0.2, -0.15) is 4.31 Å². The summed E-state index contributed by atoms with van der Waals surface area (Å²) >= 11 is 0. The fourth-order valence-electron chi connectivity index (χ4n) is 4.66. The van der Waals surface area contributed by atoms with Gasteiger partial charge in [-0.25, -0.2) is 8.42 Å². The summed E-state index contributed by atoms with van der Waals surface area (Å²) in [5.41, 5.74) is 2.23. The van der Waals surface area contributed by atoms with Crippen LogP contribution in [0.4, 0.5) is 0 Å². The fourth-order valence-corrected chi connectivity index (χ4v) is 5.66. The number of rotatable bonds is 10. The number of carbonyl (C=O) groups excluding carboxylic acids is 1. The van der Waals surface area contributed by atoms with Crippen molar-refractivity contribution in [2.75, 3.05) is 26.4 Å². The van der Waals surface area contributed by atoms with Crippen molar-refractivity contribution >= 4 is 15.9 Å². The van der Waals surface area contributed by atoms with Gasteiger partial charge >= 0.3 is 0 Å². The van der Waals surface area contributed by atoms with Crippen molar-refractivity contribution < 1.29 is 22.7 Å². The molecule has 0 fully saturated rings. The molecule has 1 atom stereocenters. The predicted molar refractivity (Wildman–Crippen MR) is 149 cm³/mol. The van der Waals surface area contributed by atoms with E-state index in [0.29, 0.717) is 43.1 Å². The van der Waals surface area contributed by atoms with Gasteiger partial charge in [0.05, 0.1) is 18.8 Å². The van der Waals surface area contributed by atoms with Crippen LogP contribution in [0.25, 0.3) is 0 Å². The van der Waals surface area contributed by atoms with Crippen LogP contribution in [0.1, 0.15) is 43.0 Å². The average Bonchev–Trinajstić information content (AvgIpc) is 2.88. The van der Waals surface area contributed by atoms with Gasteiger partial charge in [0, 0.05) is 25.6 Å². The third-order valence-corrected chi connectivity index (χ3v) is 7.96. The minimum atomic E-state index is -3.73. The van der Waals surface area contributed by atoms with E-state index >= 15 is 0 Å². The number of sulfonamides is 1. The first-order chi connectivity index (χ1) is 18.0. The number of ether oxygens (including phenoxy) is 2. The molecule has 38 heavy (non-hydrogen) atoms. The monoisotopic (exact) mass is 536 g/mol. The lowest BCUT2D eigenvalue weighted by Crippen LogP contribution is -2.47. The summed E-state index contributed by atoms with van der Waals surface area (Å²) in [6, 6.07) is 24.6. The van der Waals surface area contributed by atoms with Crippen molar-refractivity contribution in [2.45, 2.75) is 44.9 Å². The molecule has 1 aliphatic heterocycles. The molecule has 7 nitrogen and oxygen atoms in total. The Morgan fingerprint density at radius 2 is 1.63 bits per heavy atom. The van der Waals surface area contributed by atoms with E-state index in [-0.39, 0.29) is 12.5 Å². The minimum absolute atomic E-state index is 0.251. The molecule has 1 unspecified atom stereocenters. The van der Waals surface area contributed by atoms with E-state index in [0.717, 1.165) is 17.4 Å². The quantitative estimate of drug-likeness (QED) is 0.371. The van der Waals surface area contributed by atoms with Gasteiger partial charge in [-0.1, -0.05) is 60.7 Å². The summed E-state index contributed by atoms with van der Waals surface area (Å²) in [4.78, 5) is 14.8. The molecule has 4 rings (SSSR count). The van der Waals surface area contributed by atoms with Crippen LogP contribution in [0, 0.1) is 0 Å². The Morgan fingerprint density at radius 1 is 1.00 bits per heavy atom. The minimum Gasteiger partial charge on any atom is -0.489 e. The molecule has 3 aromatic rings. The second-order valence-corrected chi connectivity index (χ2v) is 12.3. The molecule has 0 saturated heterocycles. The lowest BCUT2D eigenvalue weighted by molar-refractivity contribution is -0.130. The first-order valence-corrected chi connectivity index (χ1v) is 14.6. The van der Waals surface area contributed by atoms with Crippen LogP contribution in [-0.2, 0) is 27.8 Å². The molecule has 0 N–H and O–H groups in total. The summed E-state index contributed by atoms with van der Waals surface area (Å²) in [7, 11) is -2.02. The molecule has 0 saturated carbocycles. The number of hydrogen-bond acceptors (Lipinski definition) is 5. The zero-order valence-electron chi connectivity index (χ0n) is 22.5. The Bertz CT molecular complexity index is 1340. The van der Waals surface area contributed by atoms with Gasteiger partial charge < -0.3 is 14.4 Å². The molecule has 0 aliphatic carbocycles. The van der Waals surface area contributed by atoms with Crippen molar-refractivity contribution in [1.29, 1.82) is 0 Å². The van der Waals surface area contributed by atoms with Crippen LogP contribution in [0.3, 0.4) is 0 Å². The third-order valence-electron chi connectivity index (χ3n) is 6.73. The summed E-state index contributed by atoms with van der Waals surface area (Å²) in [6.07, 6.45) is 2.25. The summed E-state index contributed by atoms with van der Waals surface area (Å²) in [5.74, 6) is 0.950. The number of amides is 1. The normalized spacial score (nSPS) is 16.4. The zero-order valence-corrected chi connectivity index (χ0v) is 23.3. The smallest absolute Gasteiger partial charge is 0.237 e. The Labute approximate surface area is 226 Å². The molecule has 202 valence electrons. The van der Waals surface area contributed by atoms with E-state index in [9.17, 15) is 13.2 Å². The lowest BCUT2D eigenvalue weighted by atomic mass is 9.89. The summed E-state index contributed by atoms with van der Waals surface area (Å²) in [6.45, 7) is 4.48. The first-order valence-electron chi connectivity index (χ1n) is 12.8. The van der Waals surface area contributed by atoms with Gasteiger partial charge in [0.25, 0.3) is 0 Å². The highest BCUT2D eigenvalue weighted by Crippen LogP contribution is 2.44. The molecule has 1 aliphatic rings. The maximum Gasteiger partial charge on any atom is 0.237 e. The van der Waals surface area contributed by atoms with E-state index in [4.69, 9.17) is 9.47 Å². The van der Waals surface area contributed by atoms with Gasteiger partial charge in [0.2, 0.25) is 15.9 Å². The molecule has 0 spiro atoms. The Morgan fingerprint density at radius 3 is 2.26 bits per heavy atom. The second kappa shape index (κ2) is 11.6. The molecule has 3 aromatic carbocycles. The molecular weight excluding hydrogens is 500 g/mol. The van der Waals surface area contributed by atoms with Crippen LogP contribution in [-0.4, -0.2) is 55.5 Å². The number of fused-ring (bicyclic) bond motifs is 1. The Balaban J connectivity index is 1.56. The lowest BCUT2D eigenvalue weighted by Gasteiger charge is -2.41. The average molecular weight is 537 g/mol. The van der Waals surface area contributed by atoms with Crippen molar-refractivity contribution in [3.63, 3.8) is 0 Å². The predicted octanol–water partition coefficient (Wildman–Crippen LogP) is 4.83. The molecule has 8 heteroatoms. The molecule has 0 aromatic heterocycles. The summed E-state index contributed by atoms with van der Waals surface area (Å²) in [5, 5.41) is 0. The maximum absolute atomic E-state index is 13.2. The molecule has 1 amide bonds. The number of likely N-dealkylation sites (N-methyl/N-ethyl adjacent to an activating group) is 1. The highest BCUT2D eigenvalue weighted by molar-refractivity contribution is 7.88. The molecular formula is C30H36N2O5S. The topological polar surface area (TPSA) is 76.2 Å². The van der Waals surface area contributed by atoms with E-state index < -0.39 is 21.7 Å². The van der Waals surface area contributed by atoms with Gasteiger partial charge in [0.1, 0.15) is 23.7 Å². The van der Waals surface area contributed by atoms with E-state index in [1.807, 2.05) is 92.7 Å². The molecule has 1 heterocycles. The van der Waals surface area contributed by atoms with Crippen molar-refractivity contribution in [3.05, 3.63) is 95.6 Å². The highest BCUT2D eigenvalue weighted by Gasteiger charge is 2.41. The van der Waals surface area contributed by atoms with E-state index in [1.54, 1.807) is 11.9 Å². The van der Waals surface area contributed by atoms with Crippen LogP contribution in [0.2, 0.25) is 0 Å². The van der Waals surface area contributed by atoms with Crippen LogP contribution < -0.4 is 9.47 Å². The van der Waals surface area contributed by atoms with Gasteiger partial charge in [0.15, 0.2) is 0 Å². The van der Waals surface area contributed by atoms with Crippen LogP contribution >= 0.6 is 0 Å². The van der Waals surface area contributed by atoms with Crippen LogP contribution in [0.5, 0.6) is 11.5 Å². The van der Waals surface area contributed by atoms with E-state index in [1.165, 1.54) is 4.31 Å². The first kappa shape index (κ1) is 27.7. The number of carbonyl (C=O) groups is 1. The number of nitrogens with zero attached hydrogens (tertiary/aromatic N) is 2. The van der Waals surface area contributed by atoms with Gasteiger partial charge in [-0.3, -0.25) is 4.79 Å². The highest BCUT2D eigenvalue weighted by atomic mass is 32.2. The van der Waals surface area contributed by atoms with Crippen molar-refractivity contribution in [1.82, 2.24) is 9.21 Å². The SMILES string of the molecule is CN(CCc1ccccc1)C(=O)CN(C1CC(C)(C)Oc2ccc(OCc3ccccc3)cc21)S(C)(=O)=O. The largest absolute Gasteiger partial charge is 0.489 e. The van der Waals surface area contributed by atoms with Crippen molar-refractivity contribution in [3.8, 4) is 11.5 Å². The van der Waals surface area contributed by atoms with Crippen molar-refractivity contribution in [2.24, 2.45) is 0 Å². The summed E-state index contributed by atoms with van der Waals surface area (Å²) < 4.78 is 39.7. The number of hydrogen-bond donors (Lipinski definition) is 0. The Hall–Kier alpha value is -3.36. The van der Waals surface area contributed by atoms with Gasteiger partial charge in [-0.15, -0.1) is 0 Å². The van der Waals surface area contributed by atoms with E-state index in [2.05, 4.69) is 0 Å². The number of benzene rings is 3. The zero-order chi connectivity index (χ0) is 27.3. The second-order valence-electron chi connectivity index (χ2n) is 10.4. The fraction of sp³-hybridized carbons (Fsp3) is 0.367. The third kappa shape index (κ3) is 7.14. The molecule has 0 bridgehead atoms. The maximum atomic E-state index is 13.2. The van der Waals surface area contributed by atoms with Crippen LogP contribution in [0.15, 0.2) is 78.9 Å². The van der Waals surface area contributed by atoms with Gasteiger partial charge in [-0.05, 0) is 49.6 Å². The Kier molecular flexibility index (Phi) is 8.43. The standard InChI is InChI=1S/C30H36N2O5S/c1-30(2)20-27(26-19-25(15-16-28(26)37-30)36-22-24-13-9-6-10-14-24)32(38(4,34)35)21-29(33)31(3)18-17-23-11-7-5-8-12-23/h5-16,19,27H,17-18,20-22H2,1-4H3.